The highest BCUT2D eigenvalue weighted by molar-refractivity contribution is 7.88. The molecule has 70 valence electrons. The van der Waals surface area contributed by atoms with Gasteiger partial charge in [-0.05, 0) is 0 Å². The maximum Gasteiger partial charge on any atom is 0.211 e. The van der Waals surface area contributed by atoms with Crippen molar-refractivity contribution in [3.63, 3.8) is 0 Å². The predicted octanol–water partition coefficient (Wildman–Crippen LogP) is -0.145. The molecule has 0 aromatic carbocycles. The van der Waals surface area contributed by atoms with Gasteiger partial charge < -0.3 is 0 Å². The second kappa shape index (κ2) is 2.81. The van der Waals surface area contributed by atoms with E-state index in [0.717, 1.165) is 6.26 Å². The van der Waals surface area contributed by atoms with Gasteiger partial charge in [0.05, 0.1) is 12.3 Å². The van der Waals surface area contributed by atoms with E-state index >= 15 is 0 Å². The van der Waals surface area contributed by atoms with Crippen molar-refractivity contribution in [1.82, 2.24) is 4.31 Å². The smallest absolute Gasteiger partial charge is 0.211 e. The Morgan fingerprint density at radius 1 is 1.50 bits per heavy atom. The van der Waals surface area contributed by atoms with Gasteiger partial charge in [0.15, 0.2) is 5.78 Å². The van der Waals surface area contributed by atoms with Crippen molar-refractivity contribution in [1.29, 1.82) is 0 Å². The molecule has 2 atom stereocenters. The molecule has 4 nitrogen and oxygen atoms in total. The van der Waals surface area contributed by atoms with Crippen LogP contribution in [0, 0.1) is 5.92 Å². The topological polar surface area (TPSA) is 54.2 Å². The van der Waals surface area contributed by atoms with Crippen molar-refractivity contribution in [2.75, 3.05) is 12.8 Å². The molecule has 0 amide bonds. The van der Waals surface area contributed by atoms with Crippen molar-refractivity contribution in [3.8, 4) is 0 Å². The molecule has 1 heterocycles. The van der Waals surface area contributed by atoms with Gasteiger partial charge in [0.1, 0.15) is 0 Å². The third kappa shape index (κ3) is 1.84. The highest BCUT2D eigenvalue weighted by Gasteiger charge is 2.46. The first-order chi connectivity index (χ1) is 5.34. The molecule has 0 aromatic rings. The Labute approximate surface area is 72.6 Å². The fourth-order valence-electron chi connectivity index (χ4n) is 1.11. The Morgan fingerprint density at radius 3 is 2.25 bits per heavy atom. The summed E-state index contributed by atoms with van der Waals surface area (Å²) in [6.45, 7) is 3.93. The molecule has 12 heavy (non-hydrogen) atoms. The Balaban J connectivity index is 2.60. The van der Waals surface area contributed by atoms with Gasteiger partial charge in [0.2, 0.25) is 10.0 Å². The van der Waals surface area contributed by atoms with Gasteiger partial charge in [-0.3, -0.25) is 4.79 Å². The van der Waals surface area contributed by atoms with Gasteiger partial charge in [-0.15, -0.1) is 0 Å². The van der Waals surface area contributed by atoms with Crippen LogP contribution in [0.25, 0.3) is 0 Å². The maximum absolute atomic E-state index is 11.3. The van der Waals surface area contributed by atoms with E-state index in [-0.39, 0.29) is 17.7 Å². The quantitative estimate of drug-likeness (QED) is 0.583. The zero-order valence-electron chi connectivity index (χ0n) is 7.44. The highest BCUT2D eigenvalue weighted by atomic mass is 32.2. The number of carbonyl (C=O) groups is 1. The summed E-state index contributed by atoms with van der Waals surface area (Å²) in [5, 5.41) is 0. The van der Waals surface area contributed by atoms with Crippen molar-refractivity contribution in [2.45, 2.75) is 19.9 Å². The second-order valence-electron chi connectivity index (χ2n) is 3.41. The lowest BCUT2D eigenvalue weighted by Crippen LogP contribution is -2.21. The fraction of sp³-hybridized carbons (Fsp3) is 0.857. The zero-order chi connectivity index (χ0) is 9.52. The molecule has 1 saturated heterocycles. The van der Waals surface area contributed by atoms with Gasteiger partial charge >= 0.3 is 0 Å². The summed E-state index contributed by atoms with van der Waals surface area (Å²) in [6, 6.07) is -0.375. The first-order valence-electron chi connectivity index (χ1n) is 3.84. The van der Waals surface area contributed by atoms with Crippen molar-refractivity contribution >= 4 is 15.8 Å². The van der Waals surface area contributed by atoms with Crippen LogP contribution in [0.4, 0.5) is 0 Å². The van der Waals surface area contributed by atoms with Crippen LogP contribution in [-0.4, -0.2) is 37.3 Å². The molecule has 1 fully saturated rings. The molecule has 0 aromatic heterocycles. The van der Waals surface area contributed by atoms with Gasteiger partial charge in [-0.1, -0.05) is 13.8 Å². The molecular weight excluding hydrogens is 178 g/mol. The number of Topliss-reactive ketones (excluding diaryl/α,β-unsaturated/α-hetero) is 1. The maximum atomic E-state index is 11.3. The third-order valence-electron chi connectivity index (χ3n) is 1.89. The van der Waals surface area contributed by atoms with E-state index in [4.69, 9.17) is 0 Å². The molecule has 0 aliphatic carbocycles. The normalized spacial score (nSPS) is 29.0. The molecule has 1 aliphatic rings. The average molecular weight is 191 g/mol. The van der Waals surface area contributed by atoms with Crippen LogP contribution in [0.5, 0.6) is 0 Å². The number of nitrogens with zero attached hydrogens (tertiary/aromatic N) is 1. The van der Waals surface area contributed by atoms with Crippen LogP contribution >= 0.6 is 0 Å². The molecule has 0 radical (unpaired) electrons. The molecule has 1 unspecified atom stereocenters. The van der Waals surface area contributed by atoms with Gasteiger partial charge in [-0.25, -0.2) is 8.42 Å². The van der Waals surface area contributed by atoms with E-state index in [9.17, 15) is 13.2 Å². The minimum absolute atomic E-state index is 0.0143. The number of ketones is 1. The van der Waals surface area contributed by atoms with E-state index in [2.05, 4.69) is 0 Å². The monoisotopic (exact) mass is 191 g/mol. The molecule has 5 heteroatoms. The summed E-state index contributed by atoms with van der Waals surface area (Å²) in [7, 11) is -3.14. The SMILES string of the molecule is CC(C)C(=O)[C@H]1CN1S(C)(=O)=O. The molecule has 0 saturated carbocycles. The zero-order valence-corrected chi connectivity index (χ0v) is 8.26. The first-order valence-corrected chi connectivity index (χ1v) is 5.69. The lowest BCUT2D eigenvalue weighted by molar-refractivity contribution is -0.121. The van der Waals surface area contributed by atoms with Crippen LogP contribution in [0.1, 0.15) is 13.8 Å². The Hall–Kier alpha value is -0.420. The highest BCUT2D eigenvalue weighted by Crippen LogP contribution is 2.24. The minimum Gasteiger partial charge on any atom is -0.298 e. The van der Waals surface area contributed by atoms with Crippen molar-refractivity contribution < 1.29 is 13.2 Å². The lowest BCUT2D eigenvalue weighted by Gasteiger charge is -2.02. The average Bonchev–Trinajstić information content (AvgIpc) is 2.61. The Bertz CT molecular complexity index is 294. The van der Waals surface area contributed by atoms with E-state index in [0.29, 0.717) is 6.54 Å². The number of hydrogen-bond donors (Lipinski definition) is 0. The number of rotatable bonds is 3. The van der Waals surface area contributed by atoms with Crippen molar-refractivity contribution in [3.05, 3.63) is 0 Å². The van der Waals surface area contributed by atoms with Crippen LogP contribution in [0.3, 0.4) is 0 Å². The molecule has 1 rings (SSSR count). The van der Waals surface area contributed by atoms with Gasteiger partial charge in [0, 0.05) is 12.5 Å². The molecule has 0 N–H and O–H groups in total. The van der Waals surface area contributed by atoms with E-state index < -0.39 is 10.0 Å². The summed E-state index contributed by atoms with van der Waals surface area (Å²) >= 11 is 0. The molecule has 0 bridgehead atoms. The Kier molecular flexibility index (Phi) is 2.27. The number of sulfonamides is 1. The second-order valence-corrected chi connectivity index (χ2v) is 5.34. The molecule has 0 spiro atoms. The first kappa shape index (κ1) is 9.67. The summed E-state index contributed by atoms with van der Waals surface area (Å²) in [6.07, 6.45) is 1.13. The summed E-state index contributed by atoms with van der Waals surface area (Å²) in [4.78, 5) is 11.3. The van der Waals surface area contributed by atoms with E-state index in [1.165, 1.54) is 4.31 Å². The van der Waals surface area contributed by atoms with Crippen LogP contribution < -0.4 is 0 Å². The summed E-state index contributed by atoms with van der Waals surface area (Å²) < 4.78 is 23.0. The largest absolute Gasteiger partial charge is 0.298 e. The van der Waals surface area contributed by atoms with Crippen LogP contribution in [-0.2, 0) is 14.8 Å². The predicted molar refractivity (Wildman–Crippen MR) is 45.2 cm³/mol. The van der Waals surface area contributed by atoms with Crippen molar-refractivity contribution in [2.24, 2.45) is 5.92 Å². The van der Waals surface area contributed by atoms with Gasteiger partial charge in [-0.2, -0.15) is 4.31 Å². The van der Waals surface area contributed by atoms with E-state index in [1.807, 2.05) is 0 Å². The van der Waals surface area contributed by atoms with E-state index in [1.54, 1.807) is 13.8 Å². The standard InChI is InChI=1S/C7H13NO3S/c1-5(2)7(9)6-4-8(6)12(3,10)11/h5-6H,4H2,1-3H3/t6-,8?/m1/s1. The summed E-state index contributed by atoms with van der Waals surface area (Å²) in [5.74, 6) is -0.0674. The minimum atomic E-state index is -3.14. The molecule has 1 aliphatic heterocycles. The third-order valence-corrected chi connectivity index (χ3v) is 3.15. The summed E-state index contributed by atoms with van der Waals surface area (Å²) in [5.41, 5.74) is 0. The van der Waals surface area contributed by atoms with Gasteiger partial charge in [0.25, 0.3) is 0 Å². The van der Waals surface area contributed by atoms with Crippen LogP contribution in [0.15, 0.2) is 0 Å². The molecular formula is C7H13NO3S. The number of carbonyl (C=O) groups excluding carboxylic acids is 1. The number of hydrogen-bond acceptors (Lipinski definition) is 3. The van der Waals surface area contributed by atoms with Crippen LogP contribution in [0.2, 0.25) is 0 Å². The lowest BCUT2D eigenvalue weighted by atomic mass is 10.1. The fourth-order valence-corrected chi connectivity index (χ4v) is 2.08. The Morgan fingerprint density at radius 2 is 2.00 bits per heavy atom.